The summed E-state index contributed by atoms with van der Waals surface area (Å²) in [6, 6.07) is 15.8. The molecule has 2 fully saturated rings. The Hall–Kier alpha value is -4.08. The minimum absolute atomic E-state index is 0.0817. The molecule has 0 aromatic heterocycles. The van der Waals surface area contributed by atoms with Crippen LogP contribution < -0.4 is 10.6 Å². The summed E-state index contributed by atoms with van der Waals surface area (Å²) < 4.78 is 0. The molecule has 196 valence electrons. The predicted molar refractivity (Wildman–Crippen MR) is 144 cm³/mol. The number of nitrogens with one attached hydrogen (secondary N) is 2. The van der Waals surface area contributed by atoms with E-state index in [2.05, 4.69) is 10.6 Å². The molecule has 3 aromatic rings. The Morgan fingerprint density at radius 3 is 2.64 bits per heavy atom. The summed E-state index contributed by atoms with van der Waals surface area (Å²) in [6.45, 7) is 2.32. The number of fused-ring (bicyclic) bond motifs is 7. The SMILES string of the molecule is Cc1c(Cl)ccc2c1NC(=O)[C@]21[C@@H](C(=O)c2cccc([N+](=O)[O-])c2)[C@]2(C(=O)Nc3ccccc32)[C@H]2CCCN21. The number of anilines is 2. The van der Waals surface area contributed by atoms with Crippen LogP contribution >= 0.6 is 11.6 Å². The molecule has 0 radical (unpaired) electrons. The van der Waals surface area contributed by atoms with E-state index < -0.39 is 39.5 Å². The first kappa shape index (κ1) is 24.0. The second-order valence-corrected chi connectivity index (χ2v) is 11.0. The molecule has 39 heavy (non-hydrogen) atoms. The van der Waals surface area contributed by atoms with Crippen LogP contribution in [0.15, 0.2) is 60.7 Å². The van der Waals surface area contributed by atoms with Gasteiger partial charge >= 0.3 is 0 Å². The summed E-state index contributed by atoms with van der Waals surface area (Å²) in [7, 11) is 0. The number of nitro benzene ring substituents is 1. The number of hydrogen-bond acceptors (Lipinski definition) is 6. The van der Waals surface area contributed by atoms with Crippen LogP contribution in [-0.4, -0.2) is 40.0 Å². The summed E-state index contributed by atoms with van der Waals surface area (Å²) in [5.41, 5.74) is 0.0279. The number of hydrogen-bond donors (Lipinski definition) is 2. The summed E-state index contributed by atoms with van der Waals surface area (Å²) in [5.74, 6) is -2.42. The highest BCUT2D eigenvalue weighted by Crippen LogP contribution is 2.66. The smallest absolute Gasteiger partial charge is 0.270 e. The molecule has 0 aliphatic carbocycles. The number of carbonyl (C=O) groups excluding carboxylic acids is 3. The number of benzene rings is 3. The maximum Gasteiger partial charge on any atom is 0.270 e. The number of carbonyl (C=O) groups is 3. The zero-order valence-corrected chi connectivity index (χ0v) is 21.6. The number of rotatable bonds is 3. The Bertz CT molecular complexity index is 1660. The molecule has 0 unspecified atom stereocenters. The van der Waals surface area contributed by atoms with Gasteiger partial charge in [-0.25, -0.2) is 0 Å². The molecule has 4 heterocycles. The van der Waals surface area contributed by atoms with Crippen molar-refractivity contribution in [2.24, 2.45) is 5.92 Å². The summed E-state index contributed by atoms with van der Waals surface area (Å²) in [4.78, 5) is 56.5. The summed E-state index contributed by atoms with van der Waals surface area (Å²) in [6.07, 6.45) is 1.36. The first-order chi connectivity index (χ1) is 18.7. The summed E-state index contributed by atoms with van der Waals surface area (Å²) in [5, 5.41) is 18.1. The fraction of sp³-hybridized carbons (Fsp3) is 0.276. The number of amides is 2. The first-order valence-electron chi connectivity index (χ1n) is 12.8. The van der Waals surface area contributed by atoms with Crippen molar-refractivity contribution < 1.29 is 19.3 Å². The van der Waals surface area contributed by atoms with Crippen molar-refractivity contribution >= 4 is 46.3 Å². The maximum absolute atomic E-state index is 14.8. The molecule has 4 atom stereocenters. The highest BCUT2D eigenvalue weighted by atomic mass is 35.5. The van der Waals surface area contributed by atoms with E-state index in [-0.39, 0.29) is 17.2 Å². The van der Waals surface area contributed by atoms with Crippen molar-refractivity contribution in [1.82, 2.24) is 4.90 Å². The van der Waals surface area contributed by atoms with E-state index >= 15 is 0 Å². The van der Waals surface area contributed by atoms with Crippen molar-refractivity contribution in [3.05, 3.63) is 98.1 Å². The fourth-order valence-electron chi connectivity index (χ4n) is 7.67. The van der Waals surface area contributed by atoms with E-state index in [1.165, 1.54) is 24.3 Å². The van der Waals surface area contributed by atoms with Crippen LogP contribution in [0, 0.1) is 23.0 Å². The second-order valence-electron chi connectivity index (χ2n) is 10.6. The van der Waals surface area contributed by atoms with Crippen molar-refractivity contribution in [2.45, 2.75) is 36.8 Å². The third-order valence-corrected chi connectivity index (χ3v) is 9.51. The minimum atomic E-state index is -1.51. The van der Waals surface area contributed by atoms with Crippen LogP contribution in [-0.2, 0) is 20.5 Å². The molecule has 0 bridgehead atoms. The molecule has 2 amide bonds. The number of halogens is 1. The zero-order valence-electron chi connectivity index (χ0n) is 20.9. The molecule has 2 spiro atoms. The van der Waals surface area contributed by atoms with Gasteiger partial charge in [0.2, 0.25) is 11.8 Å². The Balaban J connectivity index is 1.58. The Labute approximate surface area is 228 Å². The highest BCUT2D eigenvalue weighted by Gasteiger charge is 2.78. The number of nitro groups is 1. The largest absolute Gasteiger partial charge is 0.325 e. The summed E-state index contributed by atoms with van der Waals surface area (Å²) >= 11 is 6.44. The lowest BCUT2D eigenvalue weighted by Gasteiger charge is -2.38. The standard InChI is InChI=1S/C29H23ClN4O5/c1-15-20(30)12-11-19-23(15)32-27(37)29(19)25(24(35)16-6-4-7-17(14-16)34(38)39)28(22-10-5-13-33(22)29)18-8-2-3-9-21(18)31-26(28)36/h2-4,6-9,11-12,14,22,25H,5,10,13H2,1H3,(H,31,36)(H,32,37)/t22-,25+,28-,29-/m1/s1. The number of para-hydroxylation sites is 1. The number of non-ortho nitro benzene ring substituents is 1. The molecule has 2 saturated heterocycles. The van der Waals surface area contributed by atoms with Gasteiger partial charge in [0.05, 0.1) is 16.5 Å². The van der Waals surface area contributed by atoms with Crippen LogP contribution in [0.4, 0.5) is 17.1 Å². The first-order valence-corrected chi connectivity index (χ1v) is 13.2. The van der Waals surface area contributed by atoms with Crippen LogP contribution in [0.3, 0.4) is 0 Å². The molecule has 0 saturated carbocycles. The van der Waals surface area contributed by atoms with Gasteiger partial charge in [0.25, 0.3) is 5.69 Å². The number of Topliss-reactive ketones (excluding diaryl/α,β-unsaturated/α-hetero) is 1. The molecule has 7 rings (SSSR count). The van der Waals surface area contributed by atoms with Gasteiger partial charge in [-0.1, -0.05) is 48.0 Å². The molecular formula is C29H23ClN4O5. The van der Waals surface area contributed by atoms with Gasteiger partial charge in [-0.2, -0.15) is 0 Å². The van der Waals surface area contributed by atoms with Gasteiger partial charge < -0.3 is 10.6 Å². The Kier molecular flexibility index (Phi) is 4.90. The van der Waals surface area contributed by atoms with Crippen LogP contribution in [0.25, 0.3) is 0 Å². The number of nitrogens with zero attached hydrogens (tertiary/aromatic N) is 2. The molecule has 9 nitrogen and oxygen atoms in total. The second kappa shape index (κ2) is 7.97. The molecule has 10 heteroatoms. The van der Waals surface area contributed by atoms with Crippen LogP contribution in [0.5, 0.6) is 0 Å². The lowest BCUT2D eigenvalue weighted by atomic mass is 9.60. The monoisotopic (exact) mass is 542 g/mol. The lowest BCUT2D eigenvalue weighted by Crippen LogP contribution is -2.55. The van der Waals surface area contributed by atoms with Crippen molar-refractivity contribution in [3.63, 3.8) is 0 Å². The van der Waals surface area contributed by atoms with Crippen LogP contribution in [0.1, 0.15) is 39.9 Å². The van der Waals surface area contributed by atoms with Gasteiger partial charge in [-0.05, 0) is 49.6 Å². The molecule has 3 aromatic carbocycles. The van der Waals surface area contributed by atoms with Crippen molar-refractivity contribution in [1.29, 1.82) is 0 Å². The van der Waals surface area contributed by atoms with E-state index in [9.17, 15) is 24.5 Å². The van der Waals surface area contributed by atoms with E-state index in [4.69, 9.17) is 11.6 Å². The van der Waals surface area contributed by atoms with Gasteiger partial charge in [0.15, 0.2) is 5.78 Å². The van der Waals surface area contributed by atoms with E-state index in [0.29, 0.717) is 46.1 Å². The average Bonchev–Trinajstić information content (AvgIpc) is 3.65. The molecule has 4 aliphatic rings. The third kappa shape index (κ3) is 2.76. The fourth-order valence-corrected chi connectivity index (χ4v) is 7.83. The third-order valence-electron chi connectivity index (χ3n) is 9.10. The van der Waals surface area contributed by atoms with Gasteiger partial charge in [-0.3, -0.25) is 29.4 Å². The van der Waals surface area contributed by atoms with E-state index in [1.807, 2.05) is 30.0 Å². The van der Waals surface area contributed by atoms with Crippen LogP contribution in [0.2, 0.25) is 5.02 Å². The molecule has 2 N–H and O–H groups in total. The highest BCUT2D eigenvalue weighted by molar-refractivity contribution is 6.32. The molecule has 4 aliphatic heterocycles. The molecular weight excluding hydrogens is 520 g/mol. The van der Waals surface area contributed by atoms with E-state index in [1.54, 1.807) is 18.2 Å². The topological polar surface area (TPSA) is 122 Å². The zero-order chi connectivity index (χ0) is 27.3. The average molecular weight is 543 g/mol. The van der Waals surface area contributed by atoms with Crippen molar-refractivity contribution in [2.75, 3.05) is 17.2 Å². The van der Waals surface area contributed by atoms with Gasteiger partial charge in [0, 0.05) is 40.0 Å². The van der Waals surface area contributed by atoms with Gasteiger partial charge in [-0.15, -0.1) is 0 Å². The predicted octanol–water partition coefficient (Wildman–Crippen LogP) is 4.57. The van der Waals surface area contributed by atoms with E-state index in [0.717, 1.165) is 6.42 Å². The van der Waals surface area contributed by atoms with Crippen molar-refractivity contribution in [3.8, 4) is 0 Å². The quantitative estimate of drug-likeness (QED) is 0.284. The Morgan fingerprint density at radius 2 is 1.85 bits per heavy atom. The van der Waals surface area contributed by atoms with Gasteiger partial charge in [0.1, 0.15) is 11.0 Å². The maximum atomic E-state index is 14.8. The number of ketones is 1. The minimum Gasteiger partial charge on any atom is -0.325 e. The normalized spacial score (nSPS) is 28.4. The Morgan fingerprint density at radius 1 is 1.05 bits per heavy atom. The lowest BCUT2D eigenvalue weighted by molar-refractivity contribution is -0.384.